The van der Waals surface area contributed by atoms with Gasteiger partial charge in [-0.25, -0.2) is 0 Å². The number of hydrogen-bond acceptors (Lipinski definition) is 3. The summed E-state index contributed by atoms with van der Waals surface area (Å²) in [7, 11) is 0. The molecule has 4 nitrogen and oxygen atoms in total. The van der Waals surface area contributed by atoms with Crippen LogP contribution in [0.4, 0.5) is 0 Å². The van der Waals surface area contributed by atoms with Crippen LogP contribution in [0.15, 0.2) is 84.9 Å². The molecule has 0 spiro atoms. The highest BCUT2D eigenvalue weighted by Crippen LogP contribution is 2.28. The summed E-state index contributed by atoms with van der Waals surface area (Å²) < 4.78 is 9.90. The Bertz CT molecular complexity index is 1130. The molecular formula is C23H20N2O2S. The molecule has 3 aromatic carbocycles. The predicted octanol–water partition coefficient (Wildman–Crippen LogP) is 5.59. The van der Waals surface area contributed by atoms with Gasteiger partial charge in [0, 0.05) is 5.69 Å². The molecule has 28 heavy (non-hydrogen) atoms. The predicted molar refractivity (Wildman–Crippen MR) is 113 cm³/mol. The first-order chi connectivity index (χ1) is 13.6. The van der Waals surface area contributed by atoms with E-state index in [1.165, 1.54) is 0 Å². The highest BCUT2D eigenvalue weighted by atomic mass is 32.1. The maximum absolute atomic E-state index is 10.6. The largest absolute Gasteiger partial charge is 0.493 e. The van der Waals surface area contributed by atoms with Crippen molar-refractivity contribution in [3.8, 4) is 23.0 Å². The van der Waals surface area contributed by atoms with Crippen LogP contribution in [0.3, 0.4) is 0 Å². The lowest BCUT2D eigenvalue weighted by Crippen LogP contribution is -1.99. The highest BCUT2D eigenvalue weighted by Gasteiger charge is 2.16. The second-order valence-corrected chi connectivity index (χ2v) is 6.83. The molecule has 0 saturated carbocycles. The number of nitrogens with zero attached hydrogens (tertiary/aromatic N) is 2. The van der Waals surface area contributed by atoms with Crippen LogP contribution in [0, 0.1) is 11.7 Å². The molecule has 4 rings (SSSR count). The van der Waals surface area contributed by atoms with Crippen LogP contribution < -0.4 is 4.74 Å². The van der Waals surface area contributed by atoms with Crippen LogP contribution in [-0.4, -0.2) is 14.2 Å². The average molecular weight is 388 g/mol. The minimum Gasteiger partial charge on any atom is -0.493 e. The Hall–Kier alpha value is -3.31. The van der Waals surface area contributed by atoms with E-state index in [1.807, 2.05) is 96.4 Å². The molecule has 1 heterocycles. The van der Waals surface area contributed by atoms with E-state index in [1.54, 1.807) is 4.57 Å². The van der Waals surface area contributed by atoms with Gasteiger partial charge in [0.1, 0.15) is 12.4 Å². The number of aromatic hydroxyl groups is 1. The van der Waals surface area contributed by atoms with Gasteiger partial charge >= 0.3 is 0 Å². The summed E-state index contributed by atoms with van der Waals surface area (Å²) >= 11 is 5.65. The molecule has 140 valence electrons. The number of rotatable bonds is 5. The maximum atomic E-state index is 10.6. The lowest BCUT2D eigenvalue weighted by molar-refractivity contribution is 0.306. The van der Waals surface area contributed by atoms with Gasteiger partial charge in [-0.3, -0.25) is 9.13 Å². The van der Waals surface area contributed by atoms with Crippen molar-refractivity contribution in [2.24, 2.45) is 0 Å². The Balaban J connectivity index is 1.62. The number of aromatic nitrogens is 2. The third-order valence-electron chi connectivity index (χ3n) is 4.61. The summed E-state index contributed by atoms with van der Waals surface area (Å²) in [6.45, 7) is 2.37. The zero-order valence-corrected chi connectivity index (χ0v) is 16.3. The number of imidazole rings is 1. The number of para-hydroxylation sites is 1. The lowest BCUT2D eigenvalue weighted by Gasteiger charge is -2.09. The zero-order chi connectivity index (χ0) is 19.5. The van der Waals surface area contributed by atoms with E-state index < -0.39 is 0 Å². The Kier molecular flexibility index (Phi) is 5.00. The fourth-order valence-corrected chi connectivity index (χ4v) is 3.58. The summed E-state index contributed by atoms with van der Waals surface area (Å²) in [6.07, 6.45) is 0. The van der Waals surface area contributed by atoms with Gasteiger partial charge in [-0.05, 0) is 61.1 Å². The van der Waals surface area contributed by atoms with Crippen LogP contribution in [0.5, 0.6) is 11.6 Å². The van der Waals surface area contributed by atoms with Gasteiger partial charge in [0.05, 0.1) is 11.4 Å². The Morgan fingerprint density at radius 2 is 1.36 bits per heavy atom. The normalized spacial score (nSPS) is 10.8. The van der Waals surface area contributed by atoms with Crippen molar-refractivity contribution >= 4 is 12.2 Å². The molecule has 0 bridgehead atoms. The summed E-state index contributed by atoms with van der Waals surface area (Å²) in [6, 6.07) is 27.4. The average Bonchev–Trinajstić information content (AvgIpc) is 2.97. The summed E-state index contributed by atoms with van der Waals surface area (Å²) in [5.41, 5.74) is 3.51. The molecule has 0 amide bonds. The standard InChI is InChI=1S/C23H20N2O2S/c1-17-22(26)25(19-10-6-3-7-11-19)23(28)24(17)20-12-14-21(15-13-20)27-16-18-8-4-2-5-9-18/h2-15,26H,16H2,1H3. The highest BCUT2D eigenvalue weighted by molar-refractivity contribution is 7.71. The van der Waals surface area contributed by atoms with E-state index in [-0.39, 0.29) is 5.88 Å². The van der Waals surface area contributed by atoms with Crippen LogP contribution in [0.2, 0.25) is 0 Å². The number of hydrogen-bond donors (Lipinski definition) is 1. The molecule has 0 aliphatic heterocycles. The SMILES string of the molecule is Cc1c(O)n(-c2ccccc2)c(=S)n1-c1ccc(OCc2ccccc2)cc1. The fourth-order valence-electron chi connectivity index (χ4n) is 3.14. The molecule has 0 aliphatic carbocycles. The van der Waals surface area contributed by atoms with Gasteiger partial charge in [0.15, 0.2) is 4.77 Å². The van der Waals surface area contributed by atoms with E-state index in [0.29, 0.717) is 17.1 Å². The van der Waals surface area contributed by atoms with Crippen molar-refractivity contribution in [2.75, 3.05) is 0 Å². The second kappa shape index (κ2) is 7.74. The van der Waals surface area contributed by atoms with Gasteiger partial charge < -0.3 is 9.84 Å². The van der Waals surface area contributed by atoms with Crippen LogP contribution in [-0.2, 0) is 6.61 Å². The molecule has 0 atom stereocenters. The summed E-state index contributed by atoms with van der Waals surface area (Å²) in [4.78, 5) is 0. The van der Waals surface area contributed by atoms with Crippen molar-refractivity contribution < 1.29 is 9.84 Å². The lowest BCUT2D eigenvalue weighted by atomic mass is 10.2. The zero-order valence-electron chi connectivity index (χ0n) is 15.4. The molecule has 0 radical (unpaired) electrons. The first-order valence-electron chi connectivity index (χ1n) is 9.01. The first-order valence-corrected chi connectivity index (χ1v) is 9.42. The minimum absolute atomic E-state index is 0.139. The monoisotopic (exact) mass is 388 g/mol. The van der Waals surface area contributed by atoms with Gasteiger partial charge in [-0.1, -0.05) is 48.5 Å². The molecular weight excluding hydrogens is 368 g/mol. The molecule has 0 fully saturated rings. The van der Waals surface area contributed by atoms with Crippen molar-refractivity contribution in [1.82, 2.24) is 9.13 Å². The summed E-state index contributed by atoms with van der Waals surface area (Å²) in [5, 5.41) is 10.6. The van der Waals surface area contributed by atoms with Crippen molar-refractivity contribution in [1.29, 1.82) is 0 Å². The molecule has 1 aromatic heterocycles. The smallest absolute Gasteiger partial charge is 0.218 e. The summed E-state index contributed by atoms with van der Waals surface area (Å²) in [5.74, 6) is 0.920. The Morgan fingerprint density at radius 3 is 2.00 bits per heavy atom. The van der Waals surface area contributed by atoms with E-state index in [4.69, 9.17) is 17.0 Å². The second-order valence-electron chi connectivity index (χ2n) is 6.47. The van der Waals surface area contributed by atoms with E-state index >= 15 is 0 Å². The molecule has 5 heteroatoms. The molecule has 0 aliphatic rings. The van der Waals surface area contributed by atoms with Crippen molar-refractivity contribution in [2.45, 2.75) is 13.5 Å². The van der Waals surface area contributed by atoms with E-state index in [2.05, 4.69) is 0 Å². The molecule has 1 N–H and O–H groups in total. The number of benzene rings is 3. The number of ether oxygens (including phenoxy) is 1. The third-order valence-corrected chi connectivity index (χ3v) is 4.98. The minimum atomic E-state index is 0.139. The van der Waals surface area contributed by atoms with Gasteiger partial charge in [-0.2, -0.15) is 0 Å². The third kappa shape index (κ3) is 3.44. The quantitative estimate of drug-likeness (QED) is 0.453. The first kappa shape index (κ1) is 18.1. The van der Waals surface area contributed by atoms with Crippen molar-refractivity contribution in [3.63, 3.8) is 0 Å². The van der Waals surface area contributed by atoms with Crippen LogP contribution in [0.25, 0.3) is 11.4 Å². The fraction of sp³-hybridized carbons (Fsp3) is 0.0870. The molecule has 0 unspecified atom stereocenters. The van der Waals surface area contributed by atoms with Crippen molar-refractivity contribution in [3.05, 3.63) is 101 Å². The van der Waals surface area contributed by atoms with E-state index in [0.717, 1.165) is 22.7 Å². The van der Waals surface area contributed by atoms with Gasteiger partial charge in [-0.15, -0.1) is 0 Å². The van der Waals surface area contributed by atoms with Gasteiger partial charge in [0.2, 0.25) is 5.88 Å². The van der Waals surface area contributed by atoms with Crippen LogP contribution >= 0.6 is 12.2 Å². The van der Waals surface area contributed by atoms with E-state index in [9.17, 15) is 5.11 Å². The van der Waals surface area contributed by atoms with Gasteiger partial charge in [0.25, 0.3) is 0 Å². The maximum Gasteiger partial charge on any atom is 0.218 e. The Labute approximate surface area is 168 Å². The molecule has 0 saturated heterocycles. The van der Waals surface area contributed by atoms with Crippen LogP contribution in [0.1, 0.15) is 11.3 Å². The Morgan fingerprint density at radius 1 is 0.786 bits per heavy atom. The topological polar surface area (TPSA) is 39.3 Å². The molecule has 4 aromatic rings.